The van der Waals surface area contributed by atoms with Crippen molar-refractivity contribution >= 4 is 5.57 Å². The molecule has 0 amide bonds. The van der Waals surface area contributed by atoms with E-state index in [2.05, 4.69) is 97.9 Å². The van der Waals surface area contributed by atoms with Crippen molar-refractivity contribution in [3.8, 4) is 0 Å². The van der Waals surface area contributed by atoms with Crippen LogP contribution >= 0.6 is 0 Å². The average molecular weight is 324 g/mol. The molecule has 0 nitrogen and oxygen atoms in total. The maximum atomic E-state index is 2.53. The standard InChI is InChI=1S/C25H24/c1-2-11-21-18-24(23-17-10-9-16-22(21)23)25(19-12-5-3-6-13-19)20-14-7-4-8-15-20/h3-10,12-18,21,25H,2,11H2,1H3. The third-order valence-corrected chi connectivity index (χ3v) is 5.23. The van der Waals surface area contributed by atoms with Crippen LogP contribution in [0.15, 0.2) is 91.0 Å². The van der Waals surface area contributed by atoms with Crippen molar-refractivity contribution in [3.05, 3.63) is 113 Å². The zero-order chi connectivity index (χ0) is 17.1. The van der Waals surface area contributed by atoms with Crippen LogP contribution in [0.25, 0.3) is 5.57 Å². The highest BCUT2D eigenvalue weighted by atomic mass is 14.3. The van der Waals surface area contributed by atoms with Gasteiger partial charge in [0.05, 0.1) is 0 Å². The number of hydrogen-bond acceptors (Lipinski definition) is 0. The van der Waals surface area contributed by atoms with Crippen LogP contribution in [-0.2, 0) is 0 Å². The Morgan fingerprint density at radius 2 is 1.28 bits per heavy atom. The highest BCUT2D eigenvalue weighted by molar-refractivity contribution is 5.81. The molecule has 0 N–H and O–H groups in total. The van der Waals surface area contributed by atoms with Crippen LogP contribution < -0.4 is 0 Å². The van der Waals surface area contributed by atoms with E-state index in [0.717, 1.165) is 0 Å². The molecule has 0 heteroatoms. The number of fused-ring (bicyclic) bond motifs is 1. The lowest BCUT2D eigenvalue weighted by molar-refractivity contribution is 0.725. The summed E-state index contributed by atoms with van der Waals surface area (Å²) in [5, 5.41) is 0. The summed E-state index contributed by atoms with van der Waals surface area (Å²) in [5.74, 6) is 0.844. The quantitative estimate of drug-likeness (QED) is 0.484. The molecule has 0 spiro atoms. The van der Waals surface area contributed by atoms with E-state index in [4.69, 9.17) is 0 Å². The van der Waals surface area contributed by atoms with Crippen molar-refractivity contribution in [1.29, 1.82) is 0 Å². The molecular formula is C25H24. The fraction of sp³-hybridized carbons (Fsp3) is 0.200. The Balaban J connectivity index is 1.87. The minimum atomic E-state index is 0.297. The summed E-state index contributed by atoms with van der Waals surface area (Å²) in [6.07, 6.45) is 4.96. The molecule has 124 valence electrons. The monoisotopic (exact) mass is 324 g/mol. The van der Waals surface area contributed by atoms with Gasteiger partial charge in [-0.3, -0.25) is 0 Å². The fourth-order valence-corrected chi connectivity index (χ4v) is 4.12. The van der Waals surface area contributed by atoms with E-state index < -0.39 is 0 Å². The number of hydrogen-bond donors (Lipinski definition) is 0. The van der Waals surface area contributed by atoms with Gasteiger partial charge in [-0.25, -0.2) is 0 Å². The number of allylic oxidation sites excluding steroid dienone is 2. The number of benzene rings is 3. The van der Waals surface area contributed by atoms with E-state index in [1.165, 1.54) is 40.7 Å². The van der Waals surface area contributed by atoms with Crippen LogP contribution in [0.3, 0.4) is 0 Å². The summed E-state index contributed by atoms with van der Waals surface area (Å²) in [5.41, 5.74) is 7.13. The van der Waals surface area contributed by atoms with E-state index in [1.54, 1.807) is 0 Å². The van der Waals surface area contributed by atoms with Crippen LogP contribution in [-0.4, -0.2) is 0 Å². The van der Waals surface area contributed by atoms with Crippen molar-refractivity contribution in [2.75, 3.05) is 0 Å². The second-order valence-electron chi connectivity index (χ2n) is 6.86. The van der Waals surface area contributed by atoms with Crippen LogP contribution in [0, 0.1) is 0 Å². The van der Waals surface area contributed by atoms with Gasteiger partial charge in [-0.2, -0.15) is 0 Å². The molecule has 0 aliphatic heterocycles. The lowest BCUT2D eigenvalue weighted by atomic mass is 9.82. The molecule has 1 aliphatic carbocycles. The van der Waals surface area contributed by atoms with Gasteiger partial charge in [-0.05, 0) is 34.2 Å². The third kappa shape index (κ3) is 3.05. The molecule has 0 fully saturated rings. The Hall–Kier alpha value is -2.60. The second kappa shape index (κ2) is 7.11. The summed E-state index contributed by atoms with van der Waals surface area (Å²) in [4.78, 5) is 0. The van der Waals surface area contributed by atoms with E-state index in [0.29, 0.717) is 11.8 Å². The minimum Gasteiger partial charge on any atom is -0.0722 e. The summed E-state index contributed by atoms with van der Waals surface area (Å²) in [6.45, 7) is 2.28. The van der Waals surface area contributed by atoms with Crippen molar-refractivity contribution in [1.82, 2.24) is 0 Å². The highest BCUT2D eigenvalue weighted by Gasteiger charge is 2.29. The van der Waals surface area contributed by atoms with Crippen LogP contribution in [0.2, 0.25) is 0 Å². The van der Waals surface area contributed by atoms with Gasteiger partial charge in [-0.15, -0.1) is 0 Å². The zero-order valence-corrected chi connectivity index (χ0v) is 14.7. The topological polar surface area (TPSA) is 0 Å². The first-order chi connectivity index (χ1) is 12.4. The maximum absolute atomic E-state index is 2.53. The molecule has 3 aromatic rings. The first-order valence-electron chi connectivity index (χ1n) is 9.29. The molecule has 1 atom stereocenters. The first-order valence-corrected chi connectivity index (χ1v) is 9.29. The van der Waals surface area contributed by atoms with E-state index in [9.17, 15) is 0 Å². The molecule has 1 unspecified atom stereocenters. The lowest BCUT2D eigenvalue weighted by Gasteiger charge is -2.21. The molecule has 0 radical (unpaired) electrons. The van der Waals surface area contributed by atoms with E-state index >= 15 is 0 Å². The maximum Gasteiger partial charge on any atom is 0.0343 e. The molecule has 0 saturated carbocycles. The van der Waals surface area contributed by atoms with Gasteiger partial charge in [0, 0.05) is 11.8 Å². The molecule has 25 heavy (non-hydrogen) atoms. The average Bonchev–Trinajstić information content (AvgIpc) is 3.03. The SMILES string of the molecule is CCCC1C=C(C(c2ccccc2)c2ccccc2)c2ccccc21. The minimum absolute atomic E-state index is 0.297. The van der Waals surface area contributed by atoms with Crippen molar-refractivity contribution in [2.24, 2.45) is 0 Å². The predicted molar refractivity (Wildman–Crippen MR) is 107 cm³/mol. The number of rotatable bonds is 5. The molecule has 0 heterocycles. The Kier molecular flexibility index (Phi) is 4.52. The summed E-state index contributed by atoms with van der Waals surface area (Å²) in [6, 6.07) is 30.8. The Bertz CT molecular complexity index is 819. The smallest absolute Gasteiger partial charge is 0.0343 e. The van der Waals surface area contributed by atoms with Gasteiger partial charge in [0.25, 0.3) is 0 Å². The van der Waals surface area contributed by atoms with Gasteiger partial charge in [0.1, 0.15) is 0 Å². The van der Waals surface area contributed by atoms with Gasteiger partial charge < -0.3 is 0 Å². The Morgan fingerprint density at radius 3 is 1.88 bits per heavy atom. The molecule has 0 aromatic heterocycles. The summed E-state index contributed by atoms with van der Waals surface area (Å²) < 4.78 is 0. The van der Waals surface area contributed by atoms with Crippen LogP contribution in [0.4, 0.5) is 0 Å². The normalized spacial score (nSPS) is 15.9. The summed E-state index contributed by atoms with van der Waals surface area (Å²) in [7, 11) is 0. The fourth-order valence-electron chi connectivity index (χ4n) is 4.12. The van der Waals surface area contributed by atoms with Crippen molar-refractivity contribution in [2.45, 2.75) is 31.6 Å². The first kappa shape index (κ1) is 15.9. The van der Waals surface area contributed by atoms with Gasteiger partial charge >= 0.3 is 0 Å². The zero-order valence-electron chi connectivity index (χ0n) is 14.7. The van der Waals surface area contributed by atoms with E-state index in [1.807, 2.05) is 0 Å². The van der Waals surface area contributed by atoms with Crippen molar-refractivity contribution < 1.29 is 0 Å². The molecular weight excluding hydrogens is 300 g/mol. The van der Waals surface area contributed by atoms with Crippen LogP contribution in [0.1, 0.15) is 53.9 Å². The molecule has 4 rings (SSSR count). The van der Waals surface area contributed by atoms with E-state index in [-0.39, 0.29) is 0 Å². The molecule has 0 saturated heterocycles. The Morgan fingerprint density at radius 1 is 0.720 bits per heavy atom. The largest absolute Gasteiger partial charge is 0.0722 e. The molecule has 3 aromatic carbocycles. The highest BCUT2D eigenvalue weighted by Crippen LogP contribution is 2.47. The van der Waals surface area contributed by atoms with Gasteiger partial charge in [0.2, 0.25) is 0 Å². The van der Waals surface area contributed by atoms with Gasteiger partial charge in [-0.1, -0.05) is 104 Å². The summed E-state index contributed by atoms with van der Waals surface area (Å²) >= 11 is 0. The third-order valence-electron chi connectivity index (χ3n) is 5.23. The lowest BCUT2D eigenvalue weighted by Crippen LogP contribution is -2.03. The molecule has 0 bridgehead atoms. The van der Waals surface area contributed by atoms with Gasteiger partial charge in [0.15, 0.2) is 0 Å². The Labute approximate surface area is 150 Å². The van der Waals surface area contributed by atoms with Crippen molar-refractivity contribution in [3.63, 3.8) is 0 Å². The van der Waals surface area contributed by atoms with Crippen LogP contribution in [0.5, 0.6) is 0 Å². The predicted octanol–water partition coefficient (Wildman–Crippen LogP) is 6.80. The molecule has 1 aliphatic rings. The second-order valence-corrected chi connectivity index (χ2v) is 6.86.